The SMILES string of the molecule is Cc1coc2ccc(-c3cc(Nc4cnccc4C#N)cc4nccnc34)cc12. The van der Waals surface area contributed by atoms with Crippen molar-refractivity contribution < 1.29 is 4.42 Å². The fraction of sp³-hybridized carbons (Fsp3) is 0.0435. The van der Waals surface area contributed by atoms with Gasteiger partial charge in [-0.15, -0.1) is 0 Å². The van der Waals surface area contributed by atoms with Gasteiger partial charge in [-0.3, -0.25) is 15.0 Å². The van der Waals surface area contributed by atoms with E-state index >= 15 is 0 Å². The van der Waals surface area contributed by atoms with Crippen molar-refractivity contribution in [2.45, 2.75) is 6.92 Å². The summed E-state index contributed by atoms with van der Waals surface area (Å²) in [5.41, 5.74) is 7.45. The summed E-state index contributed by atoms with van der Waals surface area (Å²) in [4.78, 5) is 13.1. The van der Waals surface area contributed by atoms with Gasteiger partial charge in [0.1, 0.15) is 11.7 Å². The number of aromatic nitrogens is 3. The summed E-state index contributed by atoms with van der Waals surface area (Å²) in [5, 5.41) is 13.7. The lowest BCUT2D eigenvalue weighted by Crippen LogP contribution is -1.96. The van der Waals surface area contributed by atoms with Crippen LogP contribution in [0.15, 0.2) is 71.9 Å². The van der Waals surface area contributed by atoms with Crippen LogP contribution < -0.4 is 5.32 Å². The summed E-state index contributed by atoms with van der Waals surface area (Å²) in [6.45, 7) is 2.03. The van der Waals surface area contributed by atoms with E-state index in [4.69, 9.17) is 4.42 Å². The van der Waals surface area contributed by atoms with Crippen molar-refractivity contribution >= 4 is 33.4 Å². The van der Waals surface area contributed by atoms with Crippen molar-refractivity contribution in [1.29, 1.82) is 5.26 Å². The lowest BCUT2D eigenvalue weighted by atomic mass is 10.0. The van der Waals surface area contributed by atoms with Gasteiger partial charge < -0.3 is 9.73 Å². The molecule has 0 amide bonds. The highest BCUT2D eigenvalue weighted by molar-refractivity contribution is 5.97. The van der Waals surface area contributed by atoms with Crippen molar-refractivity contribution in [3.05, 3.63) is 78.6 Å². The van der Waals surface area contributed by atoms with E-state index < -0.39 is 0 Å². The molecule has 1 N–H and O–H groups in total. The molecule has 0 aliphatic rings. The minimum atomic E-state index is 0.524. The first-order chi connectivity index (χ1) is 14.2. The molecule has 29 heavy (non-hydrogen) atoms. The second-order valence-corrected chi connectivity index (χ2v) is 6.74. The summed E-state index contributed by atoms with van der Waals surface area (Å²) < 4.78 is 5.58. The van der Waals surface area contributed by atoms with Gasteiger partial charge in [-0.2, -0.15) is 5.26 Å². The molecular weight excluding hydrogens is 362 g/mol. The number of pyridine rings is 1. The zero-order chi connectivity index (χ0) is 19.8. The normalized spacial score (nSPS) is 10.9. The Morgan fingerprint density at radius 3 is 2.83 bits per heavy atom. The van der Waals surface area contributed by atoms with E-state index in [9.17, 15) is 5.26 Å². The molecule has 0 aliphatic heterocycles. The van der Waals surface area contributed by atoms with Crippen LogP contribution in [0.25, 0.3) is 33.1 Å². The second kappa shape index (κ2) is 6.73. The Labute approximate surface area is 166 Å². The van der Waals surface area contributed by atoms with Gasteiger partial charge in [0.15, 0.2) is 0 Å². The molecule has 3 aromatic heterocycles. The fourth-order valence-corrected chi connectivity index (χ4v) is 3.44. The molecule has 5 rings (SSSR count). The quantitative estimate of drug-likeness (QED) is 0.455. The largest absolute Gasteiger partial charge is 0.464 e. The van der Waals surface area contributed by atoms with E-state index in [1.807, 2.05) is 31.2 Å². The molecule has 3 heterocycles. The maximum Gasteiger partial charge on any atom is 0.134 e. The Morgan fingerprint density at radius 2 is 1.93 bits per heavy atom. The Balaban J connectivity index is 1.70. The van der Waals surface area contributed by atoms with Gasteiger partial charge in [-0.05, 0) is 48.4 Å². The first kappa shape index (κ1) is 16.9. The van der Waals surface area contributed by atoms with Crippen LogP contribution in [0, 0.1) is 18.3 Å². The van der Waals surface area contributed by atoms with E-state index in [0.717, 1.165) is 44.4 Å². The van der Waals surface area contributed by atoms with Gasteiger partial charge in [0.25, 0.3) is 0 Å². The molecule has 6 heteroatoms. The first-order valence-corrected chi connectivity index (χ1v) is 9.07. The average molecular weight is 377 g/mol. The van der Waals surface area contributed by atoms with Crippen molar-refractivity contribution in [1.82, 2.24) is 15.0 Å². The van der Waals surface area contributed by atoms with Crippen molar-refractivity contribution in [3.63, 3.8) is 0 Å². The van der Waals surface area contributed by atoms with E-state index in [1.54, 1.807) is 37.1 Å². The highest BCUT2D eigenvalue weighted by Crippen LogP contribution is 2.34. The van der Waals surface area contributed by atoms with E-state index in [2.05, 4.69) is 32.4 Å². The molecule has 138 valence electrons. The minimum absolute atomic E-state index is 0.524. The van der Waals surface area contributed by atoms with Gasteiger partial charge in [0, 0.05) is 35.2 Å². The third kappa shape index (κ3) is 2.95. The van der Waals surface area contributed by atoms with Crippen LogP contribution in [0.5, 0.6) is 0 Å². The molecule has 5 aromatic rings. The number of anilines is 2. The lowest BCUT2D eigenvalue weighted by molar-refractivity contribution is 0.613. The van der Waals surface area contributed by atoms with E-state index in [1.165, 1.54) is 0 Å². The number of nitrogens with one attached hydrogen (secondary N) is 1. The van der Waals surface area contributed by atoms with Crippen LogP contribution in [-0.2, 0) is 0 Å². The van der Waals surface area contributed by atoms with Crippen LogP contribution in [-0.4, -0.2) is 15.0 Å². The number of hydrogen-bond acceptors (Lipinski definition) is 6. The predicted molar refractivity (Wildman–Crippen MR) is 112 cm³/mol. The maximum atomic E-state index is 9.36. The van der Waals surface area contributed by atoms with Gasteiger partial charge in [0.2, 0.25) is 0 Å². The molecule has 0 aliphatic carbocycles. The molecular formula is C23H15N5O. The van der Waals surface area contributed by atoms with Crippen LogP contribution in [0.2, 0.25) is 0 Å². The van der Waals surface area contributed by atoms with Crippen LogP contribution in [0.3, 0.4) is 0 Å². The number of fused-ring (bicyclic) bond motifs is 2. The van der Waals surface area contributed by atoms with E-state index in [0.29, 0.717) is 11.3 Å². The molecule has 0 saturated heterocycles. The van der Waals surface area contributed by atoms with Crippen molar-refractivity contribution in [2.75, 3.05) is 5.32 Å². The molecule has 0 unspecified atom stereocenters. The monoisotopic (exact) mass is 377 g/mol. The number of rotatable bonds is 3. The fourth-order valence-electron chi connectivity index (χ4n) is 3.44. The lowest BCUT2D eigenvalue weighted by Gasteiger charge is -2.12. The topological polar surface area (TPSA) is 87.6 Å². The predicted octanol–water partition coefficient (Wildman–Crippen LogP) is 5.36. The second-order valence-electron chi connectivity index (χ2n) is 6.74. The first-order valence-electron chi connectivity index (χ1n) is 9.07. The maximum absolute atomic E-state index is 9.36. The van der Waals surface area contributed by atoms with Crippen LogP contribution >= 0.6 is 0 Å². The molecule has 0 bridgehead atoms. The Kier molecular flexibility index (Phi) is 3.92. The number of nitriles is 1. The van der Waals surface area contributed by atoms with E-state index in [-0.39, 0.29) is 0 Å². The Morgan fingerprint density at radius 1 is 1.03 bits per heavy atom. The molecule has 2 aromatic carbocycles. The third-order valence-electron chi connectivity index (χ3n) is 4.87. The van der Waals surface area contributed by atoms with Gasteiger partial charge in [-0.1, -0.05) is 6.07 Å². The number of benzene rings is 2. The smallest absolute Gasteiger partial charge is 0.134 e. The third-order valence-corrected chi connectivity index (χ3v) is 4.87. The molecule has 0 radical (unpaired) electrons. The number of furan rings is 1. The highest BCUT2D eigenvalue weighted by Gasteiger charge is 2.12. The standard InChI is InChI=1S/C23H15N5O/c1-14-13-29-22-3-2-15(8-18(14)22)19-9-17(10-20-23(19)27-7-6-26-20)28-21-12-25-5-4-16(21)11-24/h2-10,12-13,28H,1H3. The Bertz CT molecular complexity index is 1410. The molecule has 0 spiro atoms. The number of nitrogens with zero attached hydrogens (tertiary/aromatic N) is 4. The van der Waals surface area contributed by atoms with Gasteiger partial charge >= 0.3 is 0 Å². The summed E-state index contributed by atoms with van der Waals surface area (Å²) >= 11 is 0. The number of aryl methyl sites for hydroxylation is 1. The summed E-state index contributed by atoms with van der Waals surface area (Å²) in [6.07, 6.45) is 8.36. The minimum Gasteiger partial charge on any atom is -0.464 e. The van der Waals surface area contributed by atoms with Crippen molar-refractivity contribution in [2.24, 2.45) is 0 Å². The summed E-state index contributed by atoms with van der Waals surface area (Å²) in [7, 11) is 0. The average Bonchev–Trinajstić information content (AvgIpc) is 3.14. The Hall–Kier alpha value is -4.24. The molecule has 0 fully saturated rings. The van der Waals surface area contributed by atoms with Crippen molar-refractivity contribution in [3.8, 4) is 17.2 Å². The zero-order valence-electron chi connectivity index (χ0n) is 15.5. The molecule has 6 nitrogen and oxygen atoms in total. The van der Waals surface area contributed by atoms with Gasteiger partial charge in [0.05, 0.1) is 34.7 Å². The molecule has 0 atom stereocenters. The molecule has 0 saturated carbocycles. The van der Waals surface area contributed by atoms with Crippen LogP contribution in [0.4, 0.5) is 11.4 Å². The highest BCUT2D eigenvalue weighted by atomic mass is 16.3. The zero-order valence-corrected chi connectivity index (χ0v) is 15.5. The van der Waals surface area contributed by atoms with Crippen LogP contribution in [0.1, 0.15) is 11.1 Å². The summed E-state index contributed by atoms with van der Waals surface area (Å²) in [5.74, 6) is 0. The van der Waals surface area contributed by atoms with Gasteiger partial charge in [-0.25, -0.2) is 0 Å². The number of hydrogen-bond donors (Lipinski definition) is 1. The summed E-state index contributed by atoms with van der Waals surface area (Å²) in [6, 6.07) is 13.9.